The maximum absolute atomic E-state index is 13.0. The molecule has 0 saturated carbocycles. The minimum atomic E-state index is -0.148. The Hall–Kier alpha value is -3.35. The molecule has 7 heteroatoms. The predicted molar refractivity (Wildman–Crippen MR) is 126 cm³/mol. The van der Waals surface area contributed by atoms with E-state index in [4.69, 9.17) is 4.74 Å². The van der Waals surface area contributed by atoms with Crippen LogP contribution in [0.4, 0.5) is 0 Å². The third-order valence-corrected chi connectivity index (χ3v) is 6.70. The highest BCUT2D eigenvalue weighted by Gasteiger charge is 2.30. The van der Waals surface area contributed by atoms with Gasteiger partial charge in [-0.25, -0.2) is 4.98 Å². The highest BCUT2D eigenvalue weighted by atomic mass is 16.5. The number of piperidine rings is 1. The molecular weight excluding hydrogens is 416 g/mol. The lowest BCUT2D eigenvalue weighted by Crippen LogP contribution is -2.36. The number of carbonyl (C=O) groups is 2. The summed E-state index contributed by atoms with van der Waals surface area (Å²) in [7, 11) is 0. The number of likely N-dealkylation sites (tertiary alicyclic amines) is 2. The maximum Gasteiger partial charge on any atom is 0.259 e. The first-order chi connectivity index (χ1) is 16.2. The third kappa shape index (κ3) is 4.72. The Morgan fingerprint density at radius 1 is 1.03 bits per heavy atom. The molecule has 2 amide bonds. The normalized spacial score (nSPS) is 18.6. The number of amides is 2. The van der Waals surface area contributed by atoms with Crippen LogP contribution in [0.25, 0.3) is 10.9 Å². The quantitative estimate of drug-likeness (QED) is 0.625. The van der Waals surface area contributed by atoms with Crippen molar-refractivity contribution in [2.24, 2.45) is 0 Å². The van der Waals surface area contributed by atoms with Gasteiger partial charge >= 0.3 is 0 Å². The summed E-state index contributed by atoms with van der Waals surface area (Å²) in [5, 5.41) is 1.17. The molecule has 1 N–H and O–H groups in total. The lowest BCUT2D eigenvalue weighted by molar-refractivity contribution is -0.130. The van der Waals surface area contributed by atoms with Crippen LogP contribution in [0, 0.1) is 0 Å². The molecular formula is C26H30N4O3. The Labute approximate surface area is 193 Å². The van der Waals surface area contributed by atoms with Crippen molar-refractivity contribution < 1.29 is 14.3 Å². The first-order valence-electron chi connectivity index (χ1n) is 11.9. The first-order valence-corrected chi connectivity index (χ1v) is 11.9. The number of aryl methyl sites for hydroxylation is 1. The number of carbonyl (C=O) groups excluding carboxylic acids is 2. The van der Waals surface area contributed by atoms with E-state index in [0.29, 0.717) is 37.4 Å². The number of hydrogen-bond acceptors (Lipinski definition) is 4. The first kappa shape index (κ1) is 21.5. The largest absolute Gasteiger partial charge is 0.472 e. The number of nitrogens with zero attached hydrogens (tertiary/aromatic N) is 3. The van der Waals surface area contributed by atoms with Crippen LogP contribution in [0.5, 0.6) is 5.88 Å². The van der Waals surface area contributed by atoms with Gasteiger partial charge in [-0.1, -0.05) is 18.2 Å². The van der Waals surface area contributed by atoms with Gasteiger partial charge in [-0.15, -0.1) is 0 Å². The number of fused-ring (bicyclic) bond motifs is 1. The number of pyridine rings is 1. The summed E-state index contributed by atoms with van der Waals surface area (Å²) in [6, 6.07) is 11.7. The lowest BCUT2D eigenvalue weighted by Gasteiger charge is -2.27. The molecule has 2 aliphatic rings. The molecule has 7 nitrogen and oxygen atoms in total. The molecule has 2 fully saturated rings. The molecule has 5 rings (SSSR count). The van der Waals surface area contributed by atoms with E-state index in [-0.39, 0.29) is 17.9 Å². The number of benzene rings is 1. The summed E-state index contributed by atoms with van der Waals surface area (Å²) in [6.45, 7) is 2.77. The Morgan fingerprint density at radius 2 is 1.88 bits per heavy atom. The number of aromatic nitrogens is 2. The van der Waals surface area contributed by atoms with Crippen LogP contribution in [-0.4, -0.2) is 63.9 Å². The predicted octanol–water partition coefficient (Wildman–Crippen LogP) is 3.80. The summed E-state index contributed by atoms with van der Waals surface area (Å²) < 4.78 is 6.15. The van der Waals surface area contributed by atoms with E-state index >= 15 is 0 Å². The van der Waals surface area contributed by atoms with Gasteiger partial charge in [0.1, 0.15) is 11.7 Å². The summed E-state index contributed by atoms with van der Waals surface area (Å²) in [5.41, 5.74) is 2.78. The molecule has 0 radical (unpaired) electrons. The standard InChI is InChI=1S/C26H30N4O3/c31-24(11-10-19-17-28-23-9-3-2-7-21(19)23)30-16-12-20(18-30)33-25-22(8-6-13-27-25)26(32)29-14-4-1-5-15-29/h2-3,6-9,13,17,20,28H,1,4-5,10-12,14-16,18H2. The molecule has 0 bridgehead atoms. The van der Waals surface area contributed by atoms with E-state index < -0.39 is 0 Å². The number of ether oxygens (including phenoxy) is 1. The van der Waals surface area contributed by atoms with Gasteiger partial charge in [-0.3, -0.25) is 9.59 Å². The van der Waals surface area contributed by atoms with Crippen LogP contribution in [0.15, 0.2) is 48.8 Å². The average Bonchev–Trinajstić information content (AvgIpc) is 3.50. The van der Waals surface area contributed by atoms with Gasteiger partial charge in [-0.05, 0) is 49.4 Å². The second-order valence-corrected chi connectivity index (χ2v) is 8.94. The zero-order valence-corrected chi connectivity index (χ0v) is 18.8. The van der Waals surface area contributed by atoms with E-state index in [2.05, 4.69) is 16.0 Å². The van der Waals surface area contributed by atoms with Crippen molar-refractivity contribution in [3.63, 3.8) is 0 Å². The molecule has 1 atom stereocenters. The van der Waals surface area contributed by atoms with Crippen molar-refractivity contribution in [2.45, 2.75) is 44.6 Å². The number of para-hydroxylation sites is 1. The Balaban J connectivity index is 1.18. The molecule has 2 aliphatic heterocycles. The van der Waals surface area contributed by atoms with E-state index in [1.807, 2.05) is 34.2 Å². The number of H-pyrrole nitrogens is 1. The van der Waals surface area contributed by atoms with Crippen molar-refractivity contribution in [3.8, 4) is 5.88 Å². The van der Waals surface area contributed by atoms with Crippen LogP contribution in [0.3, 0.4) is 0 Å². The summed E-state index contributed by atoms with van der Waals surface area (Å²) in [4.78, 5) is 37.2. The minimum absolute atomic E-state index is 0.0116. The summed E-state index contributed by atoms with van der Waals surface area (Å²) in [5.74, 6) is 0.505. The van der Waals surface area contributed by atoms with Crippen molar-refractivity contribution in [3.05, 3.63) is 59.9 Å². The highest BCUT2D eigenvalue weighted by Crippen LogP contribution is 2.24. The van der Waals surface area contributed by atoms with Crippen LogP contribution in [-0.2, 0) is 11.2 Å². The number of rotatable bonds is 6. The van der Waals surface area contributed by atoms with Gasteiger partial charge in [0.05, 0.1) is 6.54 Å². The molecule has 1 unspecified atom stereocenters. The fraction of sp³-hybridized carbons (Fsp3) is 0.423. The fourth-order valence-electron chi connectivity index (χ4n) is 4.86. The molecule has 4 heterocycles. The molecule has 2 saturated heterocycles. The molecule has 33 heavy (non-hydrogen) atoms. The second-order valence-electron chi connectivity index (χ2n) is 8.94. The van der Waals surface area contributed by atoms with Gasteiger partial charge in [0.15, 0.2) is 0 Å². The van der Waals surface area contributed by atoms with Crippen molar-refractivity contribution in [1.82, 2.24) is 19.8 Å². The monoisotopic (exact) mass is 446 g/mol. The molecule has 172 valence electrons. The Morgan fingerprint density at radius 3 is 2.76 bits per heavy atom. The molecule has 3 aromatic rings. The van der Waals surface area contributed by atoms with Gasteiger partial charge in [0, 0.05) is 55.8 Å². The minimum Gasteiger partial charge on any atom is -0.472 e. The molecule has 0 spiro atoms. The summed E-state index contributed by atoms with van der Waals surface area (Å²) >= 11 is 0. The second kappa shape index (κ2) is 9.65. The van der Waals surface area contributed by atoms with Crippen molar-refractivity contribution in [1.29, 1.82) is 0 Å². The van der Waals surface area contributed by atoms with Gasteiger partial charge in [0.25, 0.3) is 5.91 Å². The molecule has 0 aliphatic carbocycles. The van der Waals surface area contributed by atoms with E-state index in [9.17, 15) is 9.59 Å². The maximum atomic E-state index is 13.0. The van der Waals surface area contributed by atoms with E-state index in [1.54, 1.807) is 18.3 Å². The Bertz CT molecular complexity index is 1140. The molecule has 1 aromatic carbocycles. The van der Waals surface area contributed by atoms with Crippen LogP contribution in [0.2, 0.25) is 0 Å². The van der Waals surface area contributed by atoms with E-state index in [1.165, 1.54) is 17.4 Å². The topological polar surface area (TPSA) is 78.5 Å². The smallest absolute Gasteiger partial charge is 0.259 e. The number of nitrogens with one attached hydrogen (secondary N) is 1. The molecule has 2 aromatic heterocycles. The van der Waals surface area contributed by atoms with Crippen LogP contribution in [0.1, 0.15) is 48.0 Å². The number of aromatic amines is 1. The van der Waals surface area contributed by atoms with Crippen LogP contribution < -0.4 is 4.74 Å². The van der Waals surface area contributed by atoms with Crippen molar-refractivity contribution >= 4 is 22.7 Å². The SMILES string of the molecule is O=C(CCc1c[nH]c2ccccc12)N1CCC(Oc2ncccc2C(=O)N2CCCCC2)C1. The van der Waals surface area contributed by atoms with E-state index in [0.717, 1.165) is 37.9 Å². The van der Waals surface area contributed by atoms with Crippen molar-refractivity contribution in [2.75, 3.05) is 26.2 Å². The Kier molecular flexibility index (Phi) is 6.28. The zero-order chi connectivity index (χ0) is 22.6. The van der Waals surface area contributed by atoms with Gasteiger partial charge in [-0.2, -0.15) is 0 Å². The average molecular weight is 447 g/mol. The van der Waals surface area contributed by atoms with Gasteiger partial charge < -0.3 is 19.5 Å². The fourth-order valence-corrected chi connectivity index (χ4v) is 4.86. The summed E-state index contributed by atoms with van der Waals surface area (Å²) in [6.07, 6.45) is 8.68. The lowest BCUT2D eigenvalue weighted by atomic mass is 10.1. The van der Waals surface area contributed by atoms with Crippen LogP contribution >= 0.6 is 0 Å². The number of hydrogen-bond donors (Lipinski definition) is 1. The highest BCUT2D eigenvalue weighted by molar-refractivity contribution is 5.96. The third-order valence-electron chi connectivity index (χ3n) is 6.70. The van der Waals surface area contributed by atoms with Gasteiger partial charge in [0.2, 0.25) is 11.8 Å². The zero-order valence-electron chi connectivity index (χ0n) is 18.8.